The molecule has 1 N–H and O–H groups in total. The van der Waals surface area contributed by atoms with Crippen LogP contribution in [0.15, 0.2) is 47.8 Å². The Morgan fingerprint density at radius 1 is 1.10 bits per heavy atom. The fraction of sp³-hybridized carbons (Fsp3) is 0.273. The third-order valence-corrected chi connectivity index (χ3v) is 5.77. The van der Waals surface area contributed by atoms with Gasteiger partial charge in [-0.3, -0.25) is 9.69 Å². The minimum Gasteiger partial charge on any atom is -0.379 e. The van der Waals surface area contributed by atoms with E-state index in [0.717, 1.165) is 55.6 Å². The highest BCUT2D eigenvalue weighted by molar-refractivity contribution is 7.13. The Labute approximate surface area is 177 Å². The number of anilines is 1. The number of carbonyl (C=O) groups is 1. The van der Waals surface area contributed by atoms with E-state index in [0.29, 0.717) is 5.69 Å². The lowest BCUT2D eigenvalue weighted by Gasteiger charge is -2.26. The standard InChI is InChI=1S/C22H21F2N3O2S/c23-18-2-1-3-19(24)21(18)26-20(28)12-17-14-30-22(25-17)16-6-4-15(5-7-16)13-27-8-10-29-11-9-27/h1-7,14H,8-13H2,(H,26,28). The quantitative estimate of drug-likeness (QED) is 0.641. The molecule has 0 bridgehead atoms. The van der Waals surface area contributed by atoms with E-state index >= 15 is 0 Å². The molecular weight excluding hydrogens is 408 g/mol. The predicted molar refractivity (Wildman–Crippen MR) is 112 cm³/mol. The molecule has 2 heterocycles. The van der Waals surface area contributed by atoms with Crippen molar-refractivity contribution in [3.63, 3.8) is 0 Å². The van der Waals surface area contributed by atoms with Crippen LogP contribution < -0.4 is 5.32 Å². The van der Waals surface area contributed by atoms with E-state index in [1.165, 1.54) is 23.0 Å². The molecule has 0 spiro atoms. The number of carbonyl (C=O) groups excluding carboxylic acids is 1. The maximum atomic E-state index is 13.7. The Morgan fingerprint density at radius 3 is 2.50 bits per heavy atom. The molecule has 1 saturated heterocycles. The number of nitrogens with one attached hydrogen (secondary N) is 1. The van der Waals surface area contributed by atoms with Gasteiger partial charge in [-0.2, -0.15) is 0 Å². The van der Waals surface area contributed by atoms with Crippen LogP contribution in [-0.4, -0.2) is 42.1 Å². The molecule has 8 heteroatoms. The van der Waals surface area contributed by atoms with Gasteiger partial charge in [-0.05, 0) is 17.7 Å². The molecular formula is C22H21F2N3O2S. The van der Waals surface area contributed by atoms with Crippen LogP contribution in [0.4, 0.5) is 14.5 Å². The number of para-hydroxylation sites is 1. The van der Waals surface area contributed by atoms with Gasteiger partial charge in [0.2, 0.25) is 5.91 Å². The van der Waals surface area contributed by atoms with Crippen LogP contribution in [0.3, 0.4) is 0 Å². The number of benzene rings is 2. The molecule has 4 rings (SSSR count). The number of ether oxygens (including phenoxy) is 1. The molecule has 0 aliphatic carbocycles. The van der Waals surface area contributed by atoms with Crippen molar-refractivity contribution in [3.05, 3.63) is 70.7 Å². The second-order valence-corrected chi connectivity index (χ2v) is 7.91. The minimum absolute atomic E-state index is 0.0562. The molecule has 1 aliphatic rings. The van der Waals surface area contributed by atoms with Gasteiger partial charge in [0.25, 0.3) is 0 Å². The fourth-order valence-corrected chi connectivity index (χ4v) is 4.08. The van der Waals surface area contributed by atoms with Crippen molar-refractivity contribution in [2.45, 2.75) is 13.0 Å². The highest BCUT2D eigenvalue weighted by atomic mass is 32.1. The van der Waals surface area contributed by atoms with Crippen LogP contribution >= 0.6 is 11.3 Å². The molecule has 156 valence electrons. The lowest BCUT2D eigenvalue weighted by Crippen LogP contribution is -2.35. The van der Waals surface area contributed by atoms with Gasteiger partial charge in [-0.1, -0.05) is 30.3 Å². The second-order valence-electron chi connectivity index (χ2n) is 7.05. The van der Waals surface area contributed by atoms with Crippen molar-refractivity contribution in [2.75, 3.05) is 31.6 Å². The van der Waals surface area contributed by atoms with Crippen molar-refractivity contribution < 1.29 is 18.3 Å². The predicted octanol–water partition coefficient (Wildman–Crippen LogP) is 4.10. The van der Waals surface area contributed by atoms with Crippen LogP contribution in [0.25, 0.3) is 10.6 Å². The van der Waals surface area contributed by atoms with Crippen LogP contribution in [0, 0.1) is 11.6 Å². The van der Waals surface area contributed by atoms with E-state index in [2.05, 4.69) is 27.3 Å². The number of halogens is 2. The summed E-state index contributed by atoms with van der Waals surface area (Å²) in [4.78, 5) is 19.0. The summed E-state index contributed by atoms with van der Waals surface area (Å²) in [6.07, 6.45) is -0.0562. The average molecular weight is 429 g/mol. The first-order valence-corrected chi connectivity index (χ1v) is 10.5. The summed E-state index contributed by atoms with van der Waals surface area (Å²) in [5.74, 6) is -2.13. The van der Waals surface area contributed by atoms with Gasteiger partial charge >= 0.3 is 0 Å². The molecule has 1 aromatic heterocycles. The lowest BCUT2D eigenvalue weighted by molar-refractivity contribution is -0.115. The first-order valence-electron chi connectivity index (χ1n) is 9.66. The number of rotatable bonds is 6. The van der Waals surface area contributed by atoms with Gasteiger partial charge in [-0.25, -0.2) is 13.8 Å². The summed E-state index contributed by atoms with van der Waals surface area (Å²) in [5, 5.41) is 4.87. The monoisotopic (exact) mass is 429 g/mol. The zero-order chi connectivity index (χ0) is 20.9. The molecule has 3 aromatic rings. The van der Waals surface area contributed by atoms with Crippen molar-refractivity contribution in [1.82, 2.24) is 9.88 Å². The summed E-state index contributed by atoms with van der Waals surface area (Å²) in [6.45, 7) is 4.32. The summed E-state index contributed by atoms with van der Waals surface area (Å²) < 4.78 is 32.7. The molecule has 5 nitrogen and oxygen atoms in total. The zero-order valence-corrected chi connectivity index (χ0v) is 17.1. The molecule has 0 atom stereocenters. The number of thiazole rings is 1. The smallest absolute Gasteiger partial charge is 0.230 e. The normalized spacial score (nSPS) is 14.6. The lowest BCUT2D eigenvalue weighted by atomic mass is 10.1. The molecule has 1 fully saturated rings. The van der Waals surface area contributed by atoms with Crippen LogP contribution in [-0.2, 0) is 22.5 Å². The summed E-state index contributed by atoms with van der Waals surface area (Å²) >= 11 is 1.43. The number of aromatic nitrogens is 1. The SMILES string of the molecule is O=C(Cc1csc(-c2ccc(CN3CCOCC3)cc2)n1)Nc1c(F)cccc1F. The summed E-state index contributed by atoms with van der Waals surface area (Å²) in [5.41, 5.74) is 2.32. The topological polar surface area (TPSA) is 54.5 Å². The Bertz CT molecular complexity index is 997. The van der Waals surface area contributed by atoms with E-state index in [1.807, 2.05) is 12.1 Å². The summed E-state index contributed by atoms with van der Waals surface area (Å²) in [6, 6.07) is 11.7. The number of morpholine rings is 1. The third-order valence-electron chi connectivity index (χ3n) is 4.83. The Balaban J connectivity index is 1.37. The first-order chi connectivity index (χ1) is 14.6. The Hall–Kier alpha value is -2.68. The van der Waals surface area contributed by atoms with E-state index in [1.54, 1.807) is 5.38 Å². The molecule has 0 unspecified atom stereocenters. The number of hydrogen-bond donors (Lipinski definition) is 1. The van der Waals surface area contributed by atoms with Crippen LogP contribution in [0.5, 0.6) is 0 Å². The van der Waals surface area contributed by atoms with Gasteiger partial charge in [0.05, 0.1) is 25.3 Å². The minimum atomic E-state index is -0.806. The highest BCUT2D eigenvalue weighted by Gasteiger charge is 2.15. The van der Waals surface area contributed by atoms with Gasteiger partial charge in [-0.15, -0.1) is 11.3 Å². The van der Waals surface area contributed by atoms with Crippen LogP contribution in [0.2, 0.25) is 0 Å². The fourth-order valence-electron chi connectivity index (χ4n) is 3.26. The Kier molecular flexibility index (Phi) is 6.47. The van der Waals surface area contributed by atoms with Gasteiger partial charge < -0.3 is 10.1 Å². The molecule has 0 saturated carbocycles. The van der Waals surface area contributed by atoms with Crippen molar-refractivity contribution in [3.8, 4) is 10.6 Å². The van der Waals surface area contributed by atoms with E-state index in [9.17, 15) is 13.6 Å². The van der Waals surface area contributed by atoms with E-state index in [-0.39, 0.29) is 6.42 Å². The second kappa shape index (κ2) is 9.42. The van der Waals surface area contributed by atoms with Gasteiger partial charge in [0.15, 0.2) is 0 Å². The Morgan fingerprint density at radius 2 is 1.80 bits per heavy atom. The average Bonchev–Trinajstić information content (AvgIpc) is 3.20. The van der Waals surface area contributed by atoms with E-state index < -0.39 is 23.2 Å². The molecule has 1 amide bonds. The summed E-state index contributed by atoms with van der Waals surface area (Å²) in [7, 11) is 0. The number of hydrogen-bond acceptors (Lipinski definition) is 5. The van der Waals surface area contributed by atoms with Crippen molar-refractivity contribution >= 4 is 22.9 Å². The largest absolute Gasteiger partial charge is 0.379 e. The first kappa shape index (κ1) is 20.6. The number of nitrogens with zero attached hydrogens (tertiary/aromatic N) is 2. The molecule has 2 aromatic carbocycles. The molecule has 0 radical (unpaired) electrons. The number of amides is 1. The van der Waals surface area contributed by atoms with Gasteiger partial charge in [0.1, 0.15) is 22.3 Å². The van der Waals surface area contributed by atoms with E-state index in [4.69, 9.17) is 4.74 Å². The van der Waals surface area contributed by atoms with Crippen molar-refractivity contribution in [2.24, 2.45) is 0 Å². The van der Waals surface area contributed by atoms with Crippen LogP contribution in [0.1, 0.15) is 11.3 Å². The third kappa shape index (κ3) is 5.08. The highest BCUT2D eigenvalue weighted by Crippen LogP contribution is 2.25. The maximum Gasteiger partial charge on any atom is 0.230 e. The zero-order valence-electron chi connectivity index (χ0n) is 16.2. The molecule has 1 aliphatic heterocycles. The van der Waals surface area contributed by atoms with Gasteiger partial charge in [0, 0.05) is 30.6 Å². The molecule has 30 heavy (non-hydrogen) atoms. The van der Waals surface area contributed by atoms with Crippen molar-refractivity contribution in [1.29, 1.82) is 0 Å². The maximum absolute atomic E-state index is 13.7.